The Labute approximate surface area is 183 Å². The van der Waals surface area contributed by atoms with Crippen LogP contribution in [-0.4, -0.2) is 40.6 Å². The molecule has 13 heteroatoms. The van der Waals surface area contributed by atoms with Crippen molar-refractivity contribution in [1.82, 2.24) is 15.5 Å². The molecule has 1 heterocycles. The molecule has 0 atom stereocenters. The van der Waals surface area contributed by atoms with Crippen LogP contribution in [-0.2, 0) is 11.3 Å². The second kappa shape index (κ2) is 10.9. The standard InChI is InChI=1S/C18H16F2N4O2.C2HF3O2/c1-26-14-4-2-3-11(5-14)8-21-18(25)24-17-15(19)6-12(7-16(17)20)13-9-22-23-10-13;3-2(4,5)1(6)7/h2-7,9-10H,8H2,1H3,(H,22,23)(H2,21,24,25);(H,6,7). The van der Waals surface area contributed by atoms with Crippen LogP contribution in [0.25, 0.3) is 11.1 Å². The monoisotopic (exact) mass is 472 g/mol. The first kappa shape index (κ1) is 25.1. The van der Waals surface area contributed by atoms with Crippen molar-refractivity contribution < 1.29 is 41.4 Å². The first-order chi connectivity index (χ1) is 15.5. The fourth-order valence-electron chi connectivity index (χ4n) is 2.39. The Morgan fingerprint density at radius 3 is 2.27 bits per heavy atom. The quantitative estimate of drug-likeness (QED) is 0.413. The molecule has 0 saturated heterocycles. The predicted molar refractivity (Wildman–Crippen MR) is 106 cm³/mol. The van der Waals surface area contributed by atoms with Crippen LogP contribution in [0.15, 0.2) is 48.8 Å². The van der Waals surface area contributed by atoms with Gasteiger partial charge in [-0.2, -0.15) is 18.3 Å². The van der Waals surface area contributed by atoms with Gasteiger partial charge in [0.25, 0.3) is 0 Å². The number of aromatic nitrogens is 2. The van der Waals surface area contributed by atoms with Crippen molar-refractivity contribution in [3.8, 4) is 16.9 Å². The van der Waals surface area contributed by atoms with Gasteiger partial charge in [-0.05, 0) is 35.4 Å². The highest BCUT2D eigenvalue weighted by atomic mass is 19.4. The van der Waals surface area contributed by atoms with Gasteiger partial charge in [0, 0.05) is 18.3 Å². The van der Waals surface area contributed by atoms with Crippen LogP contribution < -0.4 is 15.4 Å². The zero-order chi connectivity index (χ0) is 24.6. The molecule has 0 saturated carbocycles. The number of carboxylic acid groups (broad SMARTS) is 1. The van der Waals surface area contributed by atoms with E-state index in [-0.39, 0.29) is 6.54 Å². The molecule has 4 N–H and O–H groups in total. The summed E-state index contributed by atoms with van der Waals surface area (Å²) in [4.78, 5) is 20.9. The fourth-order valence-corrected chi connectivity index (χ4v) is 2.39. The van der Waals surface area contributed by atoms with Crippen LogP contribution in [0.3, 0.4) is 0 Å². The number of halogens is 5. The topological polar surface area (TPSA) is 116 Å². The van der Waals surface area contributed by atoms with Gasteiger partial charge in [0.05, 0.1) is 13.3 Å². The molecule has 2 amide bonds. The molecule has 0 spiro atoms. The third-order valence-electron chi connectivity index (χ3n) is 3.94. The highest BCUT2D eigenvalue weighted by molar-refractivity contribution is 5.90. The van der Waals surface area contributed by atoms with Gasteiger partial charge in [0.2, 0.25) is 0 Å². The molecular formula is C20H17F5N4O4. The Kier molecular flexibility index (Phi) is 8.31. The van der Waals surface area contributed by atoms with E-state index in [4.69, 9.17) is 14.6 Å². The lowest BCUT2D eigenvalue weighted by molar-refractivity contribution is -0.192. The predicted octanol–water partition coefficient (Wildman–Crippen LogP) is 4.32. The summed E-state index contributed by atoms with van der Waals surface area (Å²) in [5.74, 6) is -3.86. The van der Waals surface area contributed by atoms with Gasteiger partial charge in [-0.25, -0.2) is 18.4 Å². The number of urea groups is 1. The lowest BCUT2D eigenvalue weighted by Crippen LogP contribution is -2.29. The zero-order valence-corrected chi connectivity index (χ0v) is 16.8. The summed E-state index contributed by atoms with van der Waals surface area (Å²) in [6.07, 6.45) is -2.12. The van der Waals surface area contributed by atoms with Gasteiger partial charge >= 0.3 is 18.2 Å². The molecule has 1 aromatic heterocycles. The van der Waals surface area contributed by atoms with Crippen LogP contribution in [0.5, 0.6) is 5.75 Å². The Morgan fingerprint density at radius 2 is 1.76 bits per heavy atom. The molecule has 0 fully saturated rings. The number of carboxylic acids is 1. The summed E-state index contributed by atoms with van der Waals surface area (Å²) in [6.45, 7) is 0.180. The average Bonchev–Trinajstić information content (AvgIpc) is 3.29. The minimum atomic E-state index is -5.08. The smallest absolute Gasteiger partial charge is 0.490 e. The molecule has 0 bridgehead atoms. The van der Waals surface area contributed by atoms with Crippen molar-refractivity contribution >= 4 is 17.7 Å². The Morgan fingerprint density at radius 1 is 1.12 bits per heavy atom. The fraction of sp³-hybridized carbons (Fsp3) is 0.150. The number of benzene rings is 2. The Balaban J connectivity index is 0.000000479. The second-order valence-corrected chi connectivity index (χ2v) is 6.26. The van der Waals surface area contributed by atoms with Crippen LogP contribution in [0.4, 0.5) is 32.4 Å². The Hall–Kier alpha value is -4.16. The molecule has 3 rings (SSSR count). The third kappa shape index (κ3) is 7.48. The largest absolute Gasteiger partial charge is 0.497 e. The number of H-pyrrole nitrogens is 1. The van der Waals surface area contributed by atoms with Crippen molar-refractivity contribution in [3.63, 3.8) is 0 Å². The van der Waals surface area contributed by atoms with Gasteiger partial charge in [-0.15, -0.1) is 0 Å². The van der Waals surface area contributed by atoms with E-state index >= 15 is 0 Å². The van der Waals surface area contributed by atoms with Gasteiger partial charge in [0.1, 0.15) is 23.1 Å². The maximum Gasteiger partial charge on any atom is 0.490 e. The maximum atomic E-state index is 14.2. The van der Waals surface area contributed by atoms with Crippen molar-refractivity contribution in [2.24, 2.45) is 0 Å². The number of carbonyl (C=O) groups excluding carboxylic acids is 1. The third-order valence-corrected chi connectivity index (χ3v) is 3.94. The molecule has 0 aliphatic heterocycles. The number of amides is 2. The molecular weight excluding hydrogens is 455 g/mol. The SMILES string of the molecule is COc1cccc(CNC(=O)Nc2c(F)cc(-c3cn[nH]c3)cc2F)c1.O=C(O)C(F)(F)F. The molecule has 0 aliphatic carbocycles. The Bertz CT molecular complexity index is 1080. The number of alkyl halides is 3. The van der Waals surface area contributed by atoms with Gasteiger partial charge < -0.3 is 20.5 Å². The summed E-state index contributed by atoms with van der Waals surface area (Å²) in [5, 5.41) is 18.2. The molecule has 3 aromatic rings. The van der Waals surface area contributed by atoms with E-state index in [1.165, 1.54) is 19.5 Å². The number of hydrogen-bond donors (Lipinski definition) is 4. The average molecular weight is 472 g/mol. The van der Waals surface area contributed by atoms with Gasteiger partial charge in [-0.1, -0.05) is 12.1 Å². The zero-order valence-electron chi connectivity index (χ0n) is 16.8. The lowest BCUT2D eigenvalue weighted by atomic mass is 10.1. The van der Waals surface area contributed by atoms with Crippen LogP contribution >= 0.6 is 0 Å². The maximum absolute atomic E-state index is 14.2. The van der Waals surface area contributed by atoms with Crippen molar-refractivity contribution in [2.45, 2.75) is 12.7 Å². The van der Waals surface area contributed by atoms with Gasteiger partial charge in [-0.3, -0.25) is 5.10 Å². The summed E-state index contributed by atoms with van der Waals surface area (Å²) in [6, 6.07) is 8.64. The van der Waals surface area contributed by atoms with E-state index in [0.717, 1.165) is 17.7 Å². The second-order valence-electron chi connectivity index (χ2n) is 6.26. The van der Waals surface area contributed by atoms with E-state index < -0.39 is 35.5 Å². The molecule has 33 heavy (non-hydrogen) atoms. The summed E-state index contributed by atoms with van der Waals surface area (Å²) < 4.78 is 65.2. The number of anilines is 1. The normalized spacial score (nSPS) is 10.6. The number of carbonyl (C=O) groups is 2. The number of aliphatic carboxylic acids is 1. The van der Waals surface area contributed by atoms with E-state index in [1.54, 1.807) is 24.3 Å². The molecule has 0 radical (unpaired) electrons. The first-order valence-corrected chi connectivity index (χ1v) is 8.97. The lowest BCUT2D eigenvalue weighted by Gasteiger charge is -2.11. The highest BCUT2D eigenvalue weighted by Gasteiger charge is 2.38. The number of rotatable bonds is 5. The molecule has 0 unspecified atom stereocenters. The summed E-state index contributed by atoms with van der Waals surface area (Å²) >= 11 is 0. The van der Waals surface area contributed by atoms with Crippen molar-refractivity contribution in [3.05, 3.63) is 66.0 Å². The number of methoxy groups -OCH3 is 1. The van der Waals surface area contributed by atoms with Gasteiger partial charge in [0.15, 0.2) is 0 Å². The first-order valence-electron chi connectivity index (χ1n) is 8.97. The number of ether oxygens (including phenoxy) is 1. The number of nitrogens with zero attached hydrogens (tertiary/aromatic N) is 1. The molecule has 0 aliphatic rings. The van der Waals surface area contributed by atoms with Crippen LogP contribution in [0.1, 0.15) is 5.56 Å². The van der Waals surface area contributed by atoms with E-state index in [0.29, 0.717) is 16.9 Å². The van der Waals surface area contributed by atoms with Crippen LogP contribution in [0, 0.1) is 11.6 Å². The van der Waals surface area contributed by atoms with Crippen LogP contribution in [0.2, 0.25) is 0 Å². The molecule has 8 nitrogen and oxygen atoms in total. The van der Waals surface area contributed by atoms with E-state index in [2.05, 4.69) is 20.8 Å². The number of aromatic amines is 1. The molecule has 176 valence electrons. The van der Waals surface area contributed by atoms with E-state index in [1.807, 2.05) is 0 Å². The summed E-state index contributed by atoms with van der Waals surface area (Å²) in [7, 11) is 1.54. The summed E-state index contributed by atoms with van der Waals surface area (Å²) in [5.41, 5.74) is 1.13. The van der Waals surface area contributed by atoms with E-state index in [9.17, 15) is 26.7 Å². The van der Waals surface area contributed by atoms with Crippen molar-refractivity contribution in [1.29, 1.82) is 0 Å². The highest BCUT2D eigenvalue weighted by Crippen LogP contribution is 2.26. The number of nitrogens with one attached hydrogen (secondary N) is 3. The molecule has 2 aromatic carbocycles. The number of hydrogen-bond acceptors (Lipinski definition) is 4. The minimum Gasteiger partial charge on any atom is -0.497 e. The minimum absolute atomic E-state index is 0.180. The van der Waals surface area contributed by atoms with Crippen molar-refractivity contribution in [2.75, 3.05) is 12.4 Å².